The van der Waals surface area contributed by atoms with Crippen LogP contribution in [0.25, 0.3) is 0 Å². The Hall–Kier alpha value is -1.90. The van der Waals surface area contributed by atoms with E-state index in [0.29, 0.717) is 24.7 Å². The average molecular weight is 585 g/mol. The number of hydrogen-bond acceptors (Lipinski definition) is 4. The standard InChI is InChI=1S/C21H17Br3N2O3/c22-17-10-18(23)21(28)20(24)16(17)11-25-26-19(27)12-29-15-8-4-7-13-5-2-1-3-6-14(13)9-15/h1-3,6-11,28H,4-5,12H2,(H,26,27)/b25-11+. The number of allylic oxidation sites excluding steroid dienone is 9. The fraction of sp³-hybridized carbons (Fsp3) is 0.143. The highest BCUT2D eigenvalue weighted by Gasteiger charge is 2.12. The van der Waals surface area contributed by atoms with E-state index < -0.39 is 0 Å². The molecule has 29 heavy (non-hydrogen) atoms. The SMILES string of the molecule is O=C(COC1=CCC=C2CC=CC=CC2=C1)N/N=C/c1c(Br)cc(Br)c(O)c1Br. The predicted octanol–water partition coefficient (Wildman–Crippen LogP) is 5.80. The van der Waals surface area contributed by atoms with Gasteiger partial charge in [0.2, 0.25) is 0 Å². The molecule has 1 amide bonds. The van der Waals surface area contributed by atoms with Crippen molar-refractivity contribution in [3.05, 3.63) is 84.5 Å². The van der Waals surface area contributed by atoms with Crippen LogP contribution in [0.2, 0.25) is 0 Å². The topological polar surface area (TPSA) is 70.9 Å². The molecule has 0 saturated carbocycles. The largest absolute Gasteiger partial charge is 0.506 e. The number of nitrogens with zero attached hydrogens (tertiary/aromatic N) is 1. The third-order valence-corrected chi connectivity index (χ3v) is 6.21. The average Bonchev–Trinajstić information content (AvgIpc) is 3.02. The molecule has 0 spiro atoms. The van der Waals surface area contributed by atoms with Crippen molar-refractivity contribution in [1.29, 1.82) is 0 Å². The van der Waals surface area contributed by atoms with E-state index in [4.69, 9.17) is 4.74 Å². The van der Waals surface area contributed by atoms with E-state index in [1.165, 1.54) is 11.8 Å². The number of fused-ring (bicyclic) bond motifs is 1. The Morgan fingerprint density at radius 2 is 2.07 bits per heavy atom. The Labute approximate surface area is 194 Å². The summed E-state index contributed by atoms with van der Waals surface area (Å²) in [6.45, 7) is -0.155. The van der Waals surface area contributed by atoms with E-state index in [2.05, 4.69) is 70.5 Å². The molecule has 0 heterocycles. The van der Waals surface area contributed by atoms with Crippen LogP contribution < -0.4 is 5.43 Å². The van der Waals surface area contributed by atoms with Gasteiger partial charge in [-0.05, 0) is 74.1 Å². The van der Waals surface area contributed by atoms with E-state index in [0.717, 1.165) is 18.4 Å². The van der Waals surface area contributed by atoms with E-state index in [1.54, 1.807) is 6.07 Å². The lowest BCUT2D eigenvalue weighted by Crippen LogP contribution is -2.22. The molecule has 0 unspecified atom stereocenters. The second-order valence-electron chi connectivity index (χ2n) is 6.16. The zero-order valence-corrected chi connectivity index (χ0v) is 19.9. The van der Waals surface area contributed by atoms with Crippen LogP contribution in [0.15, 0.2) is 84.0 Å². The number of amides is 1. The Kier molecular flexibility index (Phi) is 7.69. The minimum atomic E-state index is -0.385. The molecule has 0 radical (unpaired) electrons. The van der Waals surface area contributed by atoms with Gasteiger partial charge in [0, 0.05) is 10.0 Å². The molecule has 0 bridgehead atoms. The molecule has 0 atom stereocenters. The van der Waals surface area contributed by atoms with E-state index in [9.17, 15) is 9.90 Å². The number of halogens is 3. The number of benzene rings is 1. The first-order chi connectivity index (χ1) is 14.0. The van der Waals surface area contributed by atoms with Crippen molar-refractivity contribution in [1.82, 2.24) is 5.43 Å². The molecule has 1 aromatic carbocycles. The predicted molar refractivity (Wildman–Crippen MR) is 125 cm³/mol. The number of phenols is 1. The number of carbonyl (C=O) groups excluding carboxylic acids is 1. The number of hydrogen-bond donors (Lipinski definition) is 2. The van der Waals surface area contributed by atoms with Crippen LogP contribution in [-0.2, 0) is 9.53 Å². The minimum Gasteiger partial charge on any atom is -0.506 e. The maximum Gasteiger partial charge on any atom is 0.277 e. The summed E-state index contributed by atoms with van der Waals surface area (Å²) in [7, 11) is 0. The Bertz CT molecular complexity index is 1000. The first-order valence-electron chi connectivity index (χ1n) is 8.71. The van der Waals surface area contributed by atoms with Crippen LogP contribution in [0.5, 0.6) is 5.75 Å². The summed E-state index contributed by atoms with van der Waals surface area (Å²) in [4.78, 5) is 12.1. The summed E-state index contributed by atoms with van der Waals surface area (Å²) in [6, 6.07) is 1.69. The molecule has 0 saturated heterocycles. The minimum absolute atomic E-state index is 0.0494. The van der Waals surface area contributed by atoms with Gasteiger partial charge in [0.1, 0.15) is 11.5 Å². The Balaban J connectivity index is 1.57. The molecule has 0 aliphatic heterocycles. The van der Waals surface area contributed by atoms with Crippen molar-refractivity contribution < 1.29 is 14.6 Å². The molecule has 0 fully saturated rings. The molecule has 5 nitrogen and oxygen atoms in total. The van der Waals surface area contributed by atoms with Gasteiger partial charge in [-0.15, -0.1) is 0 Å². The van der Waals surface area contributed by atoms with Gasteiger partial charge in [-0.2, -0.15) is 5.10 Å². The molecular formula is C21H17Br3N2O3. The first kappa shape index (κ1) is 21.8. The van der Waals surface area contributed by atoms with Crippen molar-refractivity contribution in [2.24, 2.45) is 5.10 Å². The molecule has 2 aliphatic rings. The fourth-order valence-electron chi connectivity index (χ4n) is 2.69. The lowest BCUT2D eigenvalue weighted by molar-refractivity contribution is -0.124. The maximum atomic E-state index is 12.1. The summed E-state index contributed by atoms with van der Waals surface area (Å²) in [6.07, 6.45) is 17.3. The summed E-state index contributed by atoms with van der Waals surface area (Å²) in [5, 5.41) is 13.9. The van der Waals surface area contributed by atoms with Crippen LogP contribution in [0, 0.1) is 0 Å². The van der Waals surface area contributed by atoms with Gasteiger partial charge in [-0.25, -0.2) is 5.43 Å². The van der Waals surface area contributed by atoms with E-state index in [1.807, 2.05) is 30.4 Å². The van der Waals surface area contributed by atoms with Gasteiger partial charge >= 0.3 is 0 Å². The van der Waals surface area contributed by atoms with Crippen molar-refractivity contribution in [2.45, 2.75) is 12.8 Å². The van der Waals surface area contributed by atoms with Crippen LogP contribution in [0.3, 0.4) is 0 Å². The summed E-state index contributed by atoms with van der Waals surface area (Å²) >= 11 is 9.95. The summed E-state index contributed by atoms with van der Waals surface area (Å²) in [5.41, 5.74) is 5.35. The summed E-state index contributed by atoms with van der Waals surface area (Å²) < 4.78 is 7.34. The zero-order chi connectivity index (χ0) is 20.8. The number of phenolic OH excluding ortho intramolecular Hbond substituents is 1. The van der Waals surface area contributed by atoms with Crippen molar-refractivity contribution in [2.75, 3.05) is 6.61 Å². The number of aromatic hydroxyl groups is 1. The van der Waals surface area contributed by atoms with Crippen LogP contribution in [-0.4, -0.2) is 23.8 Å². The third kappa shape index (κ3) is 5.81. The summed E-state index contributed by atoms with van der Waals surface area (Å²) in [5.74, 6) is 0.318. The molecule has 150 valence electrons. The van der Waals surface area contributed by atoms with Crippen LogP contribution in [0.1, 0.15) is 18.4 Å². The van der Waals surface area contributed by atoms with Gasteiger partial charge in [-0.1, -0.05) is 46.3 Å². The number of ether oxygens (including phenoxy) is 1. The van der Waals surface area contributed by atoms with Crippen molar-refractivity contribution in [3.8, 4) is 5.75 Å². The monoisotopic (exact) mass is 582 g/mol. The smallest absolute Gasteiger partial charge is 0.277 e. The normalized spacial score (nSPS) is 15.8. The molecule has 2 N–H and O–H groups in total. The maximum absolute atomic E-state index is 12.1. The van der Waals surface area contributed by atoms with Gasteiger partial charge in [0.05, 0.1) is 15.2 Å². The molecule has 8 heteroatoms. The van der Waals surface area contributed by atoms with Crippen LogP contribution >= 0.6 is 47.8 Å². The molecule has 0 aromatic heterocycles. The number of nitrogens with one attached hydrogen (secondary N) is 1. The lowest BCUT2D eigenvalue weighted by atomic mass is 10.0. The van der Waals surface area contributed by atoms with Crippen molar-refractivity contribution >= 4 is 59.9 Å². The Morgan fingerprint density at radius 3 is 2.90 bits per heavy atom. The number of carbonyl (C=O) groups is 1. The van der Waals surface area contributed by atoms with Gasteiger partial charge in [0.15, 0.2) is 6.61 Å². The second-order valence-corrected chi connectivity index (χ2v) is 8.66. The molecule has 1 aromatic rings. The zero-order valence-electron chi connectivity index (χ0n) is 15.2. The quantitative estimate of drug-likeness (QED) is 0.339. The van der Waals surface area contributed by atoms with Crippen LogP contribution in [0.4, 0.5) is 0 Å². The Morgan fingerprint density at radius 1 is 1.24 bits per heavy atom. The highest BCUT2D eigenvalue weighted by atomic mass is 79.9. The third-order valence-electron chi connectivity index (χ3n) is 4.15. The van der Waals surface area contributed by atoms with Gasteiger partial charge in [0.25, 0.3) is 5.91 Å². The highest BCUT2D eigenvalue weighted by Crippen LogP contribution is 2.38. The fourth-order valence-corrected chi connectivity index (χ4v) is 5.02. The second kappa shape index (κ2) is 10.2. The lowest BCUT2D eigenvalue weighted by Gasteiger charge is -2.08. The van der Waals surface area contributed by atoms with E-state index in [-0.39, 0.29) is 18.3 Å². The number of hydrazone groups is 1. The molecular weight excluding hydrogens is 568 g/mol. The first-order valence-corrected chi connectivity index (χ1v) is 11.1. The molecule has 2 aliphatic carbocycles. The van der Waals surface area contributed by atoms with Gasteiger partial charge in [-0.3, -0.25) is 4.79 Å². The van der Waals surface area contributed by atoms with E-state index >= 15 is 0 Å². The highest BCUT2D eigenvalue weighted by molar-refractivity contribution is 9.11. The number of rotatable bonds is 5. The molecule has 3 rings (SSSR count). The van der Waals surface area contributed by atoms with Gasteiger partial charge < -0.3 is 9.84 Å². The van der Waals surface area contributed by atoms with Crippen molar-refractivity contribution in [3.63, 3.8) is 0 Å².